The molecule has 0 radical (unpaired) electrons. The monoisotopic (exact) mass is 665 g/mol. The predicted molar refractivity (Wildman–Crippen MR) is 173 cm³/mol. The van der Waals surface area contributed by atoms with Crippen molar-refractivity contribution in [3.05, 3.63) is 41.5 Å². The van der Waals surface area contributed by atoms with Gasteiger partial charge in [0.2, 0.25) is 11.8 Å². The van der Waals surface area contributed by atoms with Gasteiger partial charge in [0.05, 0.1) is 7.11 Å². The van der Waals surface area contributed by atoms with E-state index in [1.807, 2.05) is 25.1 Å². The van der Waals surface area contributed by atoms with Crippen molar-refractivity contribution in [2.24, 2.45) is 0 Å². The van der Waals surface area contributed by atoms with Crippen molar-refractivity contribution >= 4 is 46.5 Å². The van der Waals surface area contributed by atoms with Gasteiger partial charge in [-0.1, -0.05) is 23.8 Å². The van der Waals surface area contributed by atoms with Gasteiger partial charge in [0.25, 0.3) is 11.8 Å². The fourth-order valence-electron chi connectivity index (χ4n) is 6.32. The van der Waals surface area contributed by atoms with Crippen molar-refractivity contribution in [3.63, 3.8) is 0 Å². The minimum atomic E-state index is -1.08. The topological polar surface area (TPSA) is 175 Å². The Morgan fingerprint density at radius 3 is 2.33 bits per heavy atom. The molecule has 0 unspecified atom stereocenters. The number of esters is 1. The molecule has 2 heterocycles. The molecule has 5 amide bonds. The van der Waals surface area contributed by atoms with Crippen LogP contribution in [0.25, 0.3) is 10.8 Å². The maximum Gasteiger partial charge on any atom is 0.407 e. The summed E-state index contributed by atoms with van der Waals surface area (Å²) in [6.45, 7) is 2.60. The summed E-state index contributed by atoms with van der Waals surface area (Å²) in [6.07, 6.45) is 3.10. The van der Waals surface area contributed by atoms with Crippen LogP contribution >= 0.6 is 0 Å². The zero-order valence-corrected chi connectivity index (χ0v) is 27.4. The van der Waals surface area contributed by atoms with Gasteiger partial charge in [-0.2, -0.15) is 0 Å². The average Bonchev–Trinajstić information content (AvgIpc) is 3.56. The Hall–Kier alpha value is -4.88. The number of nitrogens with zero attached hydrogens (tertiary/aromatic N) is 3. The predicted octanol–water partition coefficient (Wildman–Crippen LogP) is 2.06. The molecular formula is C34H43N5O9. The largest absolute Gasteiger partial charge is 0.483 e. The number of ether oxygens (including phenoxy) is 2. The van der Waals surface area contributed by atoms with Gasteiger partial charge in [0, 0.05) is 56.1 Å². The highest BCUT2D eigenvalue weighted by Gasteiger charge is 2.36. The summed E-state index contributed by atoms with van der Waals surface area (Å²) >= 11 is 0. The van der Waals surface area contributed by atoms with Crippen molar-refractivity contribution in [1.29, 1.82) is 0 Å². The molecule has 48 heavy (non-hydrogen) atoms. The van der Waals surface area contributed by atoms with Crippen LogP contribution in [0.1, 0.15) is 60.9 Å². The minimum Gasteiger partial charge on any atom is -0.483 e. The number of methoxy groups -OCH3 is 1. The van der Waals surface area contributed by atoms with Gasteiger partial charge in [0.1, 0.15) is 17.8 Å². The van der Waals surface area contributed by atoms with Crippen molar-refractivity contribution in [2.45, 2.75) is 70.0 Å². The standard InChI is InChI=1S/C34H43N5O9/c1-21-8-9-25-22(17-21)18-23(19-28(25)48-20-29(40)39-12-4-7-27(39)32(43)35-24-5-3-6-24)31(42)36-26(10-11-30(41)47-2)33(44)37-13-15-38(16-14-37)34(45)46/h8-9,17-19,24,26-27H,3-7,10-16,20H2,1-2H3,(H,35,43)(H,36,42)(H,45,46)/t26-,27-/m0/s1. The summed E-state index contributed by atoms with van der Waals surface area (Å²) in [6, 6.07) is 7.35. The first-order valence-corrected chi connectivity index (χ1v) is 16.5. The number of likely N-dealkylation sites (tertiary alicyclic amines) is 1. The van der Waals surface area contributed by atoms with Gasteiger partial charge < -0.3 is 39.9 Å². The number of carboxylic acid groups (broad SMARTS) is 1. The number of fused-ring (bicyclic) bond motifs is 1. The summed E-state index contributed by atoms with van der Waals surface area (Å²) in [5.41, 5.74) is 1.12. The molecule has 2 atom stereocenters. The van der Waals surface area contributed by atoms with Gasteiger partial charge in [-0.15, -0.1) is 0 Å². The van der Waals surface area contributed by atoms with Gasteiger partial charge >= 0.3 is 12.1 Å². The van der Waals surface area contributed by atoms with Crippen LogP contribution in [0.15, 0.2) is 30.3 Å². The smallest absolute Gasteiger partial charge is 0.407 e. The molecule has 2 aromatic rings. The number of benzene rings is 2. The van der Waals surface area contributed by atoms with Crippen LogP contribution in [-0.4, -0.2) is 120 Å². The average molecular weight is 666 g/mol. The van der Waals surface area contributed by atoms with Crippen molar-refractivity contribution in [2.75, 3.05) is 46.4 Å². The molecule has 14 nitrogen and oxygen atoms in total. The van der Waals surface area contributed by atoms with Crippen LogP contribution in [0, 0.1) is 6.92 Å². The Labute approximate surface area is 278 Å². The SMILES string of the molecule is COC(=O)CC[C@H](NC(=O)c1cc(OCC(=O)N2CCC[C@H]2C(=O)NC2CCC2)c2ccc(C)cc2c1)C(=O)N1CCN(C(=O)O)CC1. The Balaban J connectivity index is 1.31. The number of hydrogen-bond acceptors (Lipinski definition) is 8. The highest BCUT2D eigenvalue weighted by Crippen LogP contribution is 2.30. The van der Waals surface area contributed by atoms with E-state index in [4.69, 9.17) is 9.47 Å². The normalized spacial score (nSPS) is 18.5. The van der Waals surface area contributed by atoms with E-state index in [0.29, 0.717) is 29.5 Å². The number of aryl methyl sites for hydroxylation is 1. The summed E-state index contributed by atoms with van der Waals surface area (Å²) in [5, 5.41) is 16.4. The highest BCUT2D eigenvalue weighted by atomic mass is 16.5. The van der Waals surface area contributed by atoms with E-state index in [-0.39, 0.29) is 69.0 Å². The second kappa shape index (κ2) is 15.3. The second-order valence-corrected chi connectivity index (χ2v) is 12.6. The summed E-state index contributed by atoms with van der Waals surface area (Å²) in [5.74, 6) is -1.73. The molecule has 0 spiro atoms. The minimum absolute atomic E-state index is 0.0216. The van der Waals surface area contributed by atoms with E-state index in [2.05, 4.69) is 10.6 Å². The molecular weight excluding hydrogens is 622 g/mol. The fraction of sp³-hybridized carbons (Fsp3) is 0.529. The lowest BCUT2D eigenvalue weighted by molar-refractivity contribution is -0.141. The molecule has 1 aliphatic carbocycles. The number of piperazine rings is 1. The molecule has 3 N–H and O–H groups in total. The quantitative estimate of drug-likeness (QED) is 0.304. The first kappa shape index (κ1) is 34.5. The third-order valence-electron chi connectivity index (χ3n) is 9.34. The van der Waals surface area contributed by atoms with Crippen molar-refractivity contribution in [3.8, 4) is 5.75 Å². The molecule has 3 aliphatic rings. The van der Waals surface area contributed by atoms with E-state index < -0.39 is 36.0 Å². The summed E-state index contributed by atoms with van der Waals surface area (Å²) in [7, 11) is 1.24. The third kappa shape index (κ3) is 8.15. The van der Waals surface area contributed by atoms with E-state index >= 15 is 0 Å². The number of rotatable bonds is 11. The first-order valence-electron chi connectivity index (χ1n) is 16.5. The van der Waals surface area contributed by atoms with Gasteiger partial charge in [-0.05, 0) is 63.0 Å². The van der Waals surface area contributed by atoms with Crippen LogP contribution in [0.4, 0.5) is 4.79 Å². The molecule has 14 heteroatoms. The lowest BCUT2D eigenvalue weighted by atomic mass is 9.93. The number of nitrogens with one attached hydrogen (secondary N) is 2. The highest BCUT2D eigenvalue weighted by molar-refractivity contribution is 6.03. The molecule has 0 aromatic heterocycles. The zero-order valence-electron chi connectivity index (χ0n) is 27.4. The van der Waals surface area contributed by atoms with Gasteiger partial charge in [-0.25, -0.2) is 4.79 Å². The van der Waals surface area contributed by atoms with Crippen LogP contribution in [0.3, 0.4) is 0 Å². The van der Waals surface area contributed by atoms with Crippen LogP contribution in [-0.2, 0) is 23.9 Å². The van der Waals surface area contributed by atoms with Gasteiger partial charge in [0.15, 0.2) is 6.61 Å². The maximum atomic E-state index is 13.7. The van der Waals surface area contributed by atoms with E-state index in [0.717, 1.165) is 31.2 Å². The van der Waals surface area contributed by atoms with Crippen LogP contribution in [0.2, 0.25) is 0 Å². The summed E-state index contributed by atoms with van der Waals surface area (Å²) < 4.78 is 10.8. The van der Waals surface area contributed by atoms with E-state index in [1.54, 1.807) is 11.0 Å². The summed E-state index contributed by atoms with van der Waals surface area (Å²) in [4.78, 5) is 80.9. The molecule has 1 saturated carbocycles. The molecule has 3 fully saturated rings. The van der Waals surface area contributed by atoms with Crippen molar-refractivity contribution in [1.82, 2.24) is 25.3 Å². The number of carbonyl (C=O) groups is 6. The third-order valence-corrected chi connectivity index (χ3v) is 9.34. The van der Waals surface area contributed by atoms with Crippen LogP contribution < -0.4 is 15.4 Å². The molecule has 258 valence electrons. The molecule has 2 saturated heterocycles. The Bertz CT molecular complexity index is 1570. The lowest BCUT2D eigenvalue weighted by Crippen LogP contribution is -2.55. The molecule has 2 aromatic carbocycles. The number of hydrogen-bond donors (Lipinski definition) is 3. The zero-order chi connectivity index (χ0) is 34.4. The van der Waals surface area contributed by atoms with Gasteiger partial charge in [-0.3, -0.25) is 24.0 Å². The number of amides is 5. The Kier molecular flexibility index (Phi) is 11.0. The van der Waals surface area contributed by atoms with Crippen molar-refractivity contribution < 1.29 is 43.3 Å². The lowest BCUT2D eigenvalue weighted by Gasteiger charge is -2.35. The van der Waals surface area contributed by atoms with E-state index in [1.165, 1.54) is 23.0 Å². The van der Waals surface area contributed by atoms with Crippen LogP contribution in [0.5, 0.6) is 5.75 Å². The van der Waals surface area contributed by atoms with E-state index in [9.17, 15) is 33.9 Å². The Morgan fingerprint density at radius 1 is 0.938 bits per heavy atom. The first-order chi connectivity index (χ1) is 23.0. The molecule has 0 bridgehead atoms. The maximum absolute atomic E-state index is 13.7. The molecule has 5 rings (SSSR count). The Morgan fingerprint density at radius 2 is 1.67 bits per heavy atom. The number of carbonyl (C=O) groups excluding carboxylic acids is 5. The fourth-order valence-corrected chi connectivity index (χ4v) is 6.32. The molecule has 2 aliphatic heterocycles. The second-order valence-electron chi connectivity index (χ2n) is 12.6.